The zero-order valence-electron chi connectivity index (χ0n) is 12.5. The van der Waals surface area contributed by atoms with Gasteiger partial charge in [-0.25, -0.2) is 4.98 Å². The molecular weight excluding hydrogens is 302 g/mol. The molecule has 2 heterocycles. The van der Waals surface area contributed by atoms with Gasteiger partial charge in [0, 0.05) is 0 Å². The van der Waals surface area contributed by atoms with Crippen LogP contribution < -0.4 is 4.74 Å². The lowest BCUT2D eigenvalue weighted by molar-refractivity contribution is 0.467. The summed E-state index contributed by atoms with van der Waals surface area (Å²) in [7, 11) is 0. The Balaban J connectivity index is 1.68. The lowest BCUT2D eigenvalue weighted by atomic mass is 10.1. The minimum atomic E-state index is 0.383. The maximum atomic E-state index is 5.99. The molecule has 0 amide bonds. The number of fused-ring (bicyclic) bond motifs is 4. The van der Waals surface area contributed by atoms with E-state index in [0.29, 0.717) is 17.3 Å². The van der Waals surface area contributed by atoms with Gasteiger partial charge in [0.15, 0.2) is 0 Å². The largest absolute Gasteiger partial charge is 0.436 e. The molecule has 0 aliphatic carbocycles. The summed E-state index contributed by atoms with van der Waals surface area (Å²) in [5, 5.41) is 14.1. The van der Waals surface area contributed by atoms with Crippen molar-refractivity contribution in [3.8, 4) is 11.6 Å². The molecule has 0 radical (unpaired) electrons. The zero-order valence-corrected chi connectivity index (χ0v) is 12.5. The minimum absolute atomic E-state index is 0.383. The monoisotopic (exact) mass is 313 g/mol. The average Bonchev–Trinajstić information content (AvgIpc) is 3.12. The van der Waals surface area contributed by atoms with Crippen molar-refractivity contribution in [2.24, 2.45) is 0 Å². The van der Waals surface area contributed by atoms with Gasteiger partial charge in [0.1, 0.15) is 5.75 Å². The summed E-state index contributed by atoms with van der Waals surface area (Å²) in [6.07, 6.45) is 0. The van der Waals surface area contributed by atoms with Crippen LogP contribution in [-0.4, -0.2) is 25.0 Å². The molecule has 0 bridgehead atoms. The van der Waals surface area contributed by atoms with E-state index in [4.69, 9.17) is 4.74 Å². The third kappa shape index (κ3) is 1.97. The van der Waals surface area contributed by atoms with Crippen molar-refractivity contribution in [3.05, 3.63) is 66.7 Å². The zero-order chi connectivity index (χ0) is 15.9. The highest BCUT2D eigenvalue weighted by molar-refractivity contribution is 5.84. The first-order valence-electron chi connectivity index (χ1n) is 7.52. The number of rotatable bonds is 2. The summed E-state index contributed by atoms with van der Waals surface area (Å²) in [6, 6.07) is 21.7. The highest BCUT2D eigenvalue weighted by Gasteiger charge is 2.13. The summed E-state index contributed by atoms with van der Waals surface area (Å²) in [5.74, 6) is 1.08. The van der Waals surface area contributed by atoms with Gasteiger partial charge in [-0.1, -0.05) is 42.5 Å². The molecule has 0 atom stereocenters. The lowest BCUT2D eigenvalue weighted by Gasteiger charge is -2.08. The van der Waals surface area contributed by atoms with E-state index in [1.165, 1.54) is 0 Å². The quantitative estimate of drug-likeness (QED) is 0.498. The number of aromatic nitrogens is 5. The van der Waals surface area contributed by atoms with Crippen LogP contribution in [0.25, 0.3) is 27.5 Å². The Morgan fingerprint density at radius 2 is 1.67 bits per heavy atom. The normalized spacial score (nSPS) is 11.3. The SMILES string of the molecule is c1ccc2cc(Oc3nc4ccccc4n4nnnc34)ccc2c1. The number of tetrazole rings is 1. The Morgan fingerprint density at radius 1 is 0.833 bits per heavy atom. The summed E-state index contributed by atoms with van der Waals surface area (Å²) >= 11 is 0. The molecule has 2 aromatic heterocycles. The predicted molar refractivity (Wildman–Crippen MR) is 90.1 cm³/mol. The van der Waals surface area contributed by atoms with Crippen molar-refractivity contribution >= 4 is 27.5 Å². The molecule has 24 heavy (non-hydrogen) atoms. The van der Waals surface area contributed by atoms with Crippen molar-refractivity contribution in [3.63, 3.8) is 0 Å². The van der Waals surface area contributed by atoms with Crippen molar-refractivity contribution < 1.29 is 4.74 Å². The Labute approximate surface area is 136 Å². The first kappa shape index (κ1) is 13.0. The highest BCUT2D eigenvalue weighted by Crippen LogP contribution is 2.28. The molecule has 0 aliphatic rings. The lowest BCUT2D eigenvalue weighted by Crippen LogP contribution is -1.98. The number of para-hydroxylation sites is 2. The third-order valence-electron chi connectivity index (χ3n) is 3.93. The topological polar surface area (TPSA) is 65.2 Å². The van der Waals surface area contributed by atoms with Crippen LogP contribution in [0, 0.1) is 0 Å². The average molecular weight is 313 g/mol. The van der Waals surface area contributed by atoms with Gasteiger partial charge in [-0.05, 0) is 45.5 Å². The molecule has 0 spiro atoms. The number of ether oxygens (including phenoxy) is 1. The van der Waals surface area contributed by atoms with E-state index in [0.717, 1.165) is 21.8 Å². The Morgan fingerprint density at radius 3 is 2.62 bits per heavy atom. The Kier molecular flexibility index (Phi) is 2.69. The van der Waals surface area contributed by atoms with Gasteiger partial charge in [0.2, 0.25) is 5.65 Å². The minimum Gasteiger partial charge on any atom is -0.436 e. The molecule has 0 fully saturated rings. The fourth-order valence-electron chi connectivity index (χ4n) is 2.79. The van der Waals surface area contributed by atoms with Gasteiger partial charge < -0.3 is 4.74 Å². The van der Waals surface area contributed by atoms with Crippen LogP contribution in [0.3, 0.4) is 0 Å². The van der Waals surface area contributed by atoms with E-state index in [2.05, 4.69) is 26.6 Å². The van der Waals surface area contributed by atoms with Gasteiger partial charge in [-0.2, -0.15) is 4.52 Å². The maximum absolute atomic E-state index is 5.99. The summed E-state index contributed by atoms with van der Waals surface area (Å²) < 4.78 is 7.63. The van der Waals surface area contributed by atoms with Gasteiger partial charge in [-0.3, -0.25) is 0 Å². The van der Waals surface area contributed by atoms with Gasteiger partial charge in [0.25, 0.3) is 5.88 Å². The molecule has 0 aliphatic heterocycles. The van der Waals surface area contributed by atoms with E-state index in [-0.39, 0.29) is 0 Å². The highest BCUT2D eigenvalue weighted by atomic mass is 16.5. The Hall–Kier alpha value is -3.54. The predicted octanol–water partition coefficient (Wildman–Crippen LogP) is 3.62. The molecule has 5 aromatic rings. The molecule has 114 valence electrons. The second kappa shape index (κ2) is 4.99. The number of nitrogens with zero attached hydrogens (tertiary/aromatic N) is 5. The molecule has 6 nitrogen and oxygen atoms in total. The fraction of sp³-hybridized carbons (Fsp3) is 0. The van der Waals surface area contributed by atoms with Crippen molar-refractivity contribution in [2.45, 2.75) is 0 Å². The Bertz CT molecular complexity index is 1200. The van der Waals surface area contributed by atoms with Crippen LogP contribution >= 0.6 is 0 Å². The molecule has 0 saturated heterocycles. The molecule has 3 aromatic carbocycles. The van der Waals surface area contributed by atoms with Crippen molar-refractivity contribution in [1.29, 1.82) is 0 Å². The van der Waals surface area contributed by atoms with Crippen molar-refractivity contribution in [2.75, 3.05) is 0 Å². The molecule has 6 heteroatoms. The smallest absolute Gasteiger partial charge is 0.268 e. The molecule has 5 rings (SSSR count). The second-order valence-electron chi connectivity index (χ2n) is 5.43. The standard InChI is InChI=1S/C18H11N5O/c1-2-6-13-11-14(10-9-12(13)5-1)24-18-17-20-21-22-23(17)16-8-4-3-7-15(16)19-18/h1-11H. The van der Waals surface area contributed by atoms with E-state index in [1.807, 2.05) is 60.7 Å². The van der Waals surface area contributed by atoms with Gasteiger partial charge >= 0.3 is 0 Å². The van der Waals surface area contributed by atoms with Gasteiger partial charge in [-0.15, -0.1) is 5.10 Å². The summed E-state index contributed by atoms with van der Waals surface area (Å²) in [4.78, 5) is 4.57. The first-order chi connectivity index (χ1) is 11.9. The third-order valence-corrected chi connectivity index (χ3v) is 3.93. The number of hydrogen-bond donors (Lipinski definition) is 0. The second-order valence-corrected chi connectivity index (χ2v) is 5.43. The van der Waals surface area contributed by atoms with Crippen LogP contribution in [-0.2, 0) is 0 Å². The van der Waals surface area contributed by atoms with E-state index in [1.54, 1.807) is 4.52 Å². The van der Waals surface area contributed by atoms with Crippen LogP contribution in [0.2, 0.25) is 0 Å². The number of benzene rings is 3. The van der Waals surface area contributed by atoms with Crippen LogP contribution in [0.5, 0.6) is 11.6 Å². The first-order valence-corrected chi connectivity index (χ1v) is 7.52. The summed E-state index contributed by atoms with van der Waals surface area (Å²) in [6.45, 7) is 0. The van der Waals surface area contributed by atoms with E-state index >= 15 is 0 Å². The van der Waals surface area contributed by atoms with E-state index in [9.17, 15) is 0 Å². The molecule has 0 saturated carbocycles. The van der Waals surface area contributed by atoms with E-state index < -0.39 is 0 Å². The van der Waals surface area contributed by atoms with Crippen LogP contribution in [0.15, 0.2) is 66.7 Å². The van der Waals surface area contributed by atoms with Crippen molar-refractivity contribution in [1.82, 2.24) is 25.0 Å². The molecule has 0 N–H and O–H groups in total. The van der Waals surface area contributed by atoms with Crippen LogP contribution in [0.4, 0.5) is 0 Å². The fourth-order valence-corrected chi connectivity index (χ4v) is 2.79. The molecular formula is C18H11N5O. The number of hydrogen-bond acceptors (Lipinski definition) is 5. The maximum Gasteiger partial charge on any atom is 0.268 e. The van der Waals surface area contributed by atoms with Crippen LogP contribution in [0.1, 0.15) is 0 Å². The molecule has 0 unspecified atom stereocenters. The summed E-state index contributed by atoms with van der Waals surface area (Å²) in [5.41, 5.74) is 2.10. The van der Waals surface area contributed by atoms with Gasteiger partial charge in [0.05, 0.1) is 11.0 Å².